The van der Waals surface area contributed by atoms with Gasteiger partial charge in [-0.05, 0) is 98.7 Å². The molecule has 0 spiro atoms. The number of rotatable bonds is 10. The molecule has 1 fully saturated rings. The number of likely N-dealkylation sites (tertiary alicyclic amines) is 1. The first-order valence-corrected chi connectivity index (χ1v) is 16.2. The number of fused-ring (bicyclic) bond motifs is 1. The van der Waals surface area contributed by atoms with Gasteiger partial charge >= 0.3 is 0 Å². The number of nitrogens with one attached hydrogen (secondary N) is 2. The van der Waals surface area contributed by atoms with Crippen LogP contribution < -0.4 is 21.1 Å². The van der Waals surface area contributed by atoms with Gasteiger partial charge in [0.25, 0.3) is 11.5 Å². The quantitative estimate of drug-likeness (QED) is 0.188. The average Bonchev–Trinajstić information content (AvgIpc) is 3.10. The van der Waals surface area contributed by atoms with Gasteiger partial charge in [-0.25, -0.2) is 23.4 Å². The molecule has 2 aromatic heterocycles. The Hall–Kier alpha value is -5.20. The molecule has 1 saturated heterocycles. The van der Waals surface area contributed by atoms with Gasteiger partial charge in [0, 0.05) is 42.6 Å². The first kappa shape index (κ1) is 33.7. The summed E-state index contributed by atoms with van der Waals surface area (Å²) in [7, 11) is 4.33. The lowest BCUT2D eigenvalue weighted by Gasteiger charge is -2.36. The topological polar surface area (TPSA) is 108 Å². The molecule has 1 aliphatic heterocycles. The summed E-state index contributed by atoms with van der Waals surface area (Å²) in [4.78, 5) is 39.6. The molecule has 0 radical (unpaired) electrons. The van der Waals surface area contributed by atoms with Crippen molar-refractivity contribution < 1.29 is 13.6 Å². The van der Waals surface area contributed by atoms with Crippen LogP contribution >= 0.6 is 11.6 Å². The van der Waals surface area contributed by atoms with E-state index in [0.717, 1.165) is 64.9 Å². The highest BCUT2D eigenvalue weighted by Gasteiger charge is 2.21. The summed E-state index contributed by atoms with van der Waals surface area (Å²) in [5.41, 5.74) is 3.08. The predicted molar refractivity (Wildman–Crippen MR) is 189 cm³/mol. The largest absolute Gasteiger partial charge is 0.372 e. The number of carbonyl (C=O) groups is 1. The van der Waals surface area contributed by atoms with Crippen LogP contribution in [0.1, 0.15) is 34.3 Å². The number of halogens is 3. The summed E-state index contributed by atoms with van der Waals surface area (Å²) in [6.45, 7) is 2.17. The highest BCUT2D eigenvalue weighted by Crippen LogP contribution is 2.25. The number of aromatic nitrogens is 4. The maximum atomic E-state index is 13.6. The van der Waals surface area contributed by atoms with Crippen molar-refractivity contribution in [2.24, 2.45) is 0 Å². The summed E-state index contributed by atoms with van der Waals surface area (Å²) in [5, 5.41) is 10.6. The molecule has 0 saturated carbocycles. The van der Waals surface area contributed by atoms with Gasteiger partial charge in [0.05, 0.1) is 12.1 Å². The fourth-order valence-electron chi connectivity index (χ4n) is 5.75. The fourth-order valence-corrected chi connectivity index (χ4v) is 5.95. The van der Waals surface area contributed by atoms with E-state index in [1.54, 1.807) is 12.3 Å². The molecule has 0 atom stereocenters. The molecule has 3 aromatic carbocycles. The maximum Gasteiger partial charge on any atom is 0.280 e. The second-order valence-electron chi connectivity index (χ2n) is 12.0. The van der Waals surface area contributed by atoms with Crippen LogP contribution in [0.4, 0.5) is 26.1 Å². The van der Waals surface area contributed by atoms with Gasteiger partial charge < -0.3 is 20.4 Å². The lowest BCUT2D eigenvalue weighted by Crippen LogP contribution is -2.41. The number of benzene rings is 3. The van der Waals surface area contributed by atoms with Crippen molar-refractivity contribution in [1.29, 1.82) is 0 Å². The molecule has 0 aliphatic carbocycles. The van der Waals surface area contributed by atoms with E-state index in [4.69, 9.17) is 11.6 Å². The number of amides is 1. The van der Waals surface area contributed by atoms with Crippen molar-refractivity contribution in [3.8, 4) is 0 Å². The third kappa shape index (κ3) is 8.27. The molecule has 0 unspecified atom stereocenters. The van der Waals surface area contributed by atoms with Gasteiger partial charge in [-0.3, -0.25) is 9.59 Å². The minimum absolute atomic E-state index is 0.0938. The Bertz CT molecular complexity index is 2060. The van der Waals surface area contributed by atoms with Crippen molar-refractivity contribution in [2.75, 3.05) is 43.9 Å². The molecular formula is C36H35ClF2N8O2. The van der Waals surface area contributed by atoms with E-state index in [1.165, 1.54) is 17.8 Å². The Morgan fingerprint density at radius 1 is 1.04 bits per heavy atom. The van der Waals surface area contributed by atoms with Crippen LogP contribution in [0.15, 0.2) is 83.8 Å². The number of nitrogens with zero attached hydrogens (tertiary/aromatic N) is 6. The van der Waals surface area contributed by atoms with Gasteiger partial charge in [-0.1, -0.05) is 35.9 Å². The predicted octanol–water partition coefficient (Wildman–Crippen LogP) is 5.88. The Kier molecular flexibility index (Phi) is 10.3. The fraction of sp³-hybridized carbons (Fsp3) is 0.250. The molecule has 2 N–H and O–H groups in total. The standard InChI is InChI=1S/C36H35ClF2N8O2/c1-45-16-13-28(14-17-45)46(2)27-9-7-26(8-10-27)42-36-41-21-25-18-23(6-12-32(25)43-36)4-3-15-40-34(48)29-20-33(37)44-47(35(29)49)22-24-5-11-30(38)31(39)19-24/h3-12,18-21,28H,13-17,22H2,1-2H3,(H,40,48)(H,41,42,43)/b4-3+. The maximum absolute atomic E-state index is 13.6. The first-order valence-electron chi connectivity index (χ1n) is 15.8. The molecule has 0 bridgehead atoms. The van der Waals surface area contributed by atoms with E-state index in [0.29, 0.717) is 12.0 Å². The van der Waals surface area contributed by atoms with Crippen LogP contribution in [0.5, 0.6) is 0 Å². The summed E-state index contributed by atoms with van der Waals surface area (Å²) in [5.74, 6) is -2.22. The smallest absolute Gasteiger partial charge is 0.280 e. The summed E-state index contributed by atoms with van der Waals surface area (Å²) < 4.78 is 27.8. The van der Waals surface area contributed by atoms with Crippen LogP contribution in [0, 0.1) is 11.6 Å². The molecule has 252 valence electrons. The minimum atomic E-state index is -1.05. The molecule has 1 aliphatic rings. The summed E-state index contributed by atoms with van der Waals surface area (Å²) >= 11 is 6.06. The Labute approximate surface area is 287 Å². The second kappa shape index (κ2) is 14.9. The van der Waals surface area contributed by atoms with E-state index in [2.05, 4.69) is 61.7 Å². The monoisotopic (exact) mass is 684 g/mol. The first-order chi connectivity index (χ1) is 23.6. The lowest BCUT2D eigenvalue weighted by atomic mass is 10.0. The van der Waals surface area contributed by atoms with E-state index >= 15 is 0 Å². The normalized spacial score (nSPS) is 14.0. The summed E-state index contributed by atoms with van der Waals surface area (Å²) in [6.07, 6.45) is 7.64. The second-order valence-corrected chi connectivity index (χ2v) is 12.4. The average molecular weight is 685 g/mol. The Balaban J connectivity index is 1.04. The molecule has 6 rings (SSSR count). The van der Waals surface area contributed by atoms with Gasteiger partial charge in [0.15, 0.2) is 16.8 Å². The number of anilines is 3. The molecule has 49 heavy (non-hydrogen) atoms. The Morgan fingerprint density at radius 2 is 1.82 bits per heavy atom. The van der Waals surface area contributed by atoms with Gasteiger partial charge in [-0.2, -0.15) is 5.10 Å². The molecule has 1 amide bonds. The molecule has 10 nitrogen and oxygen atoms in total. The van der Waals surface area contributed by atoms with E-state index in [1.807, 2.05) is 36.4 Å². The lowest BCUT2D eigenvalue weighted by molar-refractivity contribution is 0.0955. The highest BCUT2D eigenvalue weighted by molar-refractivity contribution is 6.29. The SMILES string of the molecule is CN1CCC(N(C)c2ccc(Nc3ncc4cc(/C=C/CNC(=O)c5cc(Cl)nn(Cc6ccc(F)c(F)c6)c5=O)ccc4n3)cc2)CC1. The molecule has 5 aromatic rings. The minimum Gasteiger partial charge on any atom is -0.372 e. The Morgan fingerprint density at radius 3 is 2.57 bits per heavy atom. The van der Waals surface area contributed by atoms with Crippen molar-refractivity contribution in [1.82, 2.24) is 30.0 Å². The van der Waals surface area contributed by atoms with Crippen molar-refractivity contribution in [3.05, 3.63) is 123 Å². The van der Waals surface area contributed by atoms with Gasteiger partial charge in [-0.15, -0.1) is 0 Å². The number of piperidine rings is 1. The van der Waals surface area contributed by atoms with Gasteiger partial charge in [0.2, 0.25) is 5.95 Å². The van der Waals surface area contributed by atoms with Crippen molar-refractivity contribution >= 4 is 51.8 Å². The summed E-state index contributed by atoms with van der Waals surface area (Å²) in [6, 6.07) is 19.0. The third-order valence-electron chi connectivity index (χ3n) is 8.57. The van der Waals surface area contributed by atoms with E-state index in [9.17, 15) is 18.4 Å². The van der Waals surface area contributed by atoms with Crippen LogP contribution in [0.2, 0.25) is 5.15 Å². The zero-order valence-electron chi connectivity index (χ0n) is 27.0. The van der Waals surface area contributed by atoms with Crippen LogP contribution in [-0.2, 0) is 6.54 Å². The van der Waals surface area contributed by atoms with E-state index in [-0.39, 0.29) is 29.4 Å². The van der Waals surface area contributed by atoms with Crippen LogP contribution in [0.3, 0.4) is 0 Å². The van der Waals surface area contributed by atoms with E-state index < -0.39 is 23.1 Å². The van der Waals surface area contributed by atoms with Crippen LogP contribution in [-0.4, -0.2) is 70.3 Å². The molecule has 3 heterocycles. The number of hydrogen-bond donors (Lipinski definition) is 2. The zero-order chi connectivity index (χ0) is 34.5. The molecular weight excluding hydrogens is 650 g/mol. The van der Waals surface area contributed by atoms with Crippen LogP contribution in [0.25, 0.3) is 17.0 Å². The van der Waals surface area contributed by atoms with Crippen molar-refractivity contribution in [3.63, 3.8) is 0 Å². The molecule has 13 heteroatoms. The third-order valence-corrected chi connectivity index (χ3v) is 8.75. The zero-order valence-corrected chi connectivity index (χ0v) is 27.8. The number of hydrogen-bond acceptors (Lipinski definition) is 8. The highest BCUT2D eigenvalue weighted by atomic mass is 35.5. The van der Waals surface area contributed by atoms with Gasteiger partial charge in [0.1, 0.15) is 5.56 Å². The number of carbonyl (C=O) groups excluding carboxylic acids is 1. The van der Waals surface area contributed by atoms with Crippen molar-refractivity contribution in [2.45, 2.75) is 25.4 Å².